The van der Waals surface area contributed by atoms with Gasteiger partial charge in [0.15, 0.2) is 8.32 Å². The van der Waals surface area contributed by atoms with Crippen molar-refractivity contribution in [2.24, 2.45) is 0 Å². The lowest BCUT2D eigenvalue weighted by molar-refractivity contribution is 0.0575. The van der Waals surface area contributed by atoms with E-state index in [-0.39, 0.29) is 5.04 Å². The zero-order valence-electron chi connectivity index (χ0n) is 29.7. The third kappa shape index (κ3) is 7.53. The number of hydrogen-bond donors (Lipinski definition) is 1. The number of nitriles is 1. The van der Waals surface area contributed by atoms with Crippen LogP contribution in [-0.4, -0.2) is 68.2 Å². The molecule has 0 bridgehead atoms. The number of rotatable bonds is 6. The summed E-state index contributed by atoms with van der Waals surface area (Å²) in [4.78, 5) is 26.9. The molecule has 1 aromatic heterocycles. The molecular formula is C37H50N6O3Si. The van der Waals surface area contributed by atoms with E-state index in [0.717, 1.165) is 42.7 Å². The summed E-state index contributed by atoms with van der Waals surface area (Å²) in [6.45, 7) is 21.6. The number of fused-ring (bicyclic) bond motifs is 2. The number of amides is 1. The molecule has 3 heterocycles. The van der Waals surface area contributed by atoms with Crippen LogP contribution >= 0.6 is 0 Å². The molecule has 0 radical (unpaired) electrons. The molecule has 10 heteroatoms. The molecule has 0 saturated carbocycles. The Morgan fingerprint density at radius 2 is 1.77 bits per heavy atom. The molecule has 2 aromatic carbocycles. The Bertz CT molecular complexity index is 1700. The Hall–Kier alpha value is -3.78. The summed E-state index contributed by atoms with van der Waals surface area (Å²) in [7, 11) is 0.0480. The molecule has 0 fully saturated rings. The first-order valence-electron chi connectivity index (χ1n) is 16.5. The van der Waals surface area contributed by atoms with Crippen LogP contribution < -0.4 is 10.2 Å². The second kappa shape index (κ2) is 12.7. The van der Waals surface area contributed by atoms with Crippen LogP contribution in [0.2, 0.25) is 18.1 Å². The van der Waals surface area contributed by atoms with Crippen molar-refractivity contribution in [3.05, 3.63) is 64.8 Å². The average Bonchev–Trinajstić information content (AvgIpc) is 3.17. The van der Waals surface area contributed by atoms with Crippen molar-refractivity contribution in [3.63, 3.8) is 0 Å². The fraction of sp³-hybridized carbons (Fsp3) is 0.514. The van der Waals surface area contributed by atoms with Crippen LogP contribution in [0.5, 0.6) is 0 Å². The molecule has 1 unspecified atom stereocenters. The Balaban J connectivity index is 1.52. The summed E-state index contributed by atoms with van der Waals surface area (Å²) in [6, 6.07) is 14.6. The van der Waals surface area contributed by atoms with Gasteiger partial charge in [0.25, 0.3) is 0 Å². The number of aromatic nitrogens is 2. The first kappa shape index (κ1) is 34.5. The molecule has 1 N–H and O–H groups in total. The number of nitrogens with one attached hydrogen (secondary N) is 1. The fourth-order valence-corrected chi connectivity index (χ4v) is 7.02. The summed E-state index contributed by atoms with van der Waals surface area (Å²) in [5, 5.41) is 13.8. The second-order valence-corrected chi connectivity index (χ2v) is 20.7. The van der Waals surface area contributed by atoms with Gasteiger partial charge in [0.05, 0.1) is 16.9 Å². The van der Waals surface area contributed by atoms with E-state index >= 15 is 0 Å². The molecule has 0 spiro atoms. The van der Waals surface area contributed by atoms with E-state index in [1.165, 1.54) is 11.1 Å². The number of benzene rings is 2. The summed E-state index contributed by atoms with van der Waals surface area (Å²) in [5.74, 6) is 0.478. The molecule has 9 nitrogen and oxygen atoms in total. The first-order valence-corrected chi connectivity index (χ1v) is 19.4. The SMILES string of the molecule is CN1CCc2ccc(Nc3nccc(-c4cc(C#N)c5c(c4)C(C)(CO[Si](C)(C)C(C)(C)C)CN5C(=O)OC(C)(C)C)n3)cc2CC1. The van der Waals surface area contributed by atoms with Crippen LogP contribution in [-0.2, 0) is 27.4 Å². The molecule has 1 atom stereocenters. The van der Waals surface area contributed by atoms with Gasteiger partial charge in [0.2, 0.25) is 5.95 Å². The van der Waals surface area contributed by atoms with Crippen molar-refractivity contribution < 1.29 is 14.0 Å². The number of likely N-dealkylation sites (N-methyl/N-ethyl adjacent to an activating group) is 1. The number of nitrogens with zero attached hydrogens (tertiary/aromatic N) is 5. The van der Waals surface area contributed by atoms with E-state index in [9.17, 15) is 10.1 Å². The predicted octanol–water partition coefficient (Wildman–Crippen LogP) is 7.82. The maximum atomic E-state index is 13.6. The lowest BCUT2D eigenvalue weighted by Crippen LogP contribution is -2.46. The third-order valence-corrected chi connectivity index (χ3v) is 14.2. The normalized spacial score (nSPS) is 18.6. The van der Waals surface area contributed by atoms with Gasteiger partial charge in [0.1, 0.15) is 11.7 Å². The second-order valence-electron chi connectivity index (χ2n) is 15.9. The van der Waals surface area contributed by atoms with Gasteiger partial charge in [-0.3, -0.25) is 4.90 Å². The van der Waals surface area contributed by atoms with Gasteiger partial charge in [-0.1, -0.05) is 33.8 Å². The fourth-order valence-electron chi connectivity index (χ4n) is 5.91. The first-order chi connectivity index (χ1) is 21.9. The lowest BCUT2D eigenvalue weighted by atomic mass is 9.83. The third-order valence-electron chi connectivity index (χ3n) is 9.77. The molecule has 5 rings (SSSR count). The predicted molar refractivity (Wildman–Crippen MR) is 191 cm³/mol. The zero-order valence-corrected chi connectivity index (χ0v) is 30.7. The Morgan fingerprint density at radius 1 is 1.06 bits per heavy atom. The Morgan fingerprint density at radius 3 is 2.43 bits per heavy atom. The van der Waals surface area contributed by atoms with Crippen LogP contribution in [0.15, 0.2) is 42.6 Å². The van der Waals surface area contributed by atoms with Gasteiger partial charge in [-0.05, 0) is 106 Å². The van der Waals surface area contributed by atoms with Crippen LogP contribution in [0.4, 0.5) is 22.1 Å². The van der Waals surface area contributed by atoms with Gasteiger partial charge >= 0.3 is 6.09 Å². The van der Waals surface area contributed by atoms with Crippen molar-refractivity contribution in [1.29, 1.82) is 5.26 Å². The van der Waals surface area contributed by atoms with Gasteiger partial charge in [-0.2, -0.15) is 5.26 Å². The molecule has 47 heavy (non-hydrogen) atoms. The van der Waals surface area contributed by atoms with Crippen molar-refractivity contribution in [3.8, 4) is 17.3 Å². The standard InChI is InChI=1S/C37H50N6O3Si/c1-35(2,3)46-34(44)43-23-37(7,24-45-47(9,10)36(4,5)6)30-21-27(19-28(22-38)32(30)43)31-13-16-39-33(41-31)40-29-12-11-25-14-17-42(8)18-15-26(25)20-29/h11-13,16,19-21H,14-15,17-18,23-24H2,1-10H3,(H,39,40,41). The molecule has 1 amide bonds. The minimum absolute atomic E-state index is 0.0211. The minimum atomic E-state index is -2.12. The van der Waals surface area contributed by atoms with Gasteiger partial charge in [-0.15, -0.1) is 0 Å². The van der Waals surface area contributed by atoms with E-state index in [1.54, 1.807) is 11.1 Å². The lowest BCUT2D eigenvalue weighted by Gasteiger charge is -2.39. The van der Waals surface area contributed by atoms with E-state index in [0.29, 0.717) is 36.0 Å². The summed E-state index contributed by atoms with van der Waals surface area (Å²) in [6.07, 6.45) is 3.31. The summed E-state index contributed by atoms with van der Waals surface area (Å²) in [5.41, 5.74) is 5.73. The smallest absolute Gasteiger partial charge is 0.414 e. The number of anilines is 3. The molecule has 2 aliphatic rings. The van der Waals surface area contributed by atoms with Crippen LogP contribution in [0.3, 0.4) is 0 Å². The van der Waals surface area contributed by atoms with Gasteiger partial charge in [-0.25, -0.2) is 14.8 Å². The van der Waals surface area contributed by atoms with E-state index < -0.39 is 25.4 Å². The highest BCUT2D eigenvalue weighted by Crippen LogP contribution is 2.47. The Kier molecular flexibility index (Phi) is 9.32. The molecule has 0 saturated heterocycles. The molecule has 250 valence electrons. The highest BCUT2D eigenvalue weighted by atomic mass is 28.4. The van der Waals surface area contributed by atoms with Crippen molar-refractivity contribution >= 4 is 31.7 Å². The summed E-state index contributed by atoms with van der Waals surface area (Å²) < 4.78 is 12.6. The van der Waals surface area contributed by atoms with Crippen LogP contribution in [0.1, 0.15) is 70.7 Å². The number of hydrogen-bond acceptors (Lipinski definition) is 8. The molecule has 2 aliphatic heterocycles. The van der Waals surface area contributed by atoms with Gasteiger partial charge < -0.3 is 19.4 Å². The highest BCUT2D eigenvalue weighted by Gasteiger charge is 2.47. The molecule has 3 aromatic rings. The summed E-state index contributed by atoms with van der Waals surface area (Å²) >= 11 is 0. The number of carbonyl (C=O) groups is 1. The number of ether oxygens (including phenoxy) is 1. The minimum Gasteiger partial charge on any atom is -0.443 e. The zero-order chi connectivity index (χ0) is 34.4. The highest BCUT2D eigenvalue weighted by molar-refractivity contribution is 6.74. The largest absolute Gasteiger partial charge is 0.443 e. The van der Waals surface area contributed by atoms with E-state index in [2.05, 4.69) is 93.4 Å². The average molecular weight is 655 g/mol. The van der Waals surface area contributed by atoms with Gasteiger partial charge in [0, 0.05) is 49.1 Å². The molecule has 0 aliphatic carbocycles. The monoisotopic (exact) mass is 654 g/mol. The Labute approximate surface area is 281 Å². The van der Waals surface area contributed by atoms with Crippen molar-refractivity contribution in [2.45, 2.75) is 90.5 Å². The van der Waals surface area contributed by atoms with E-state index in [4.69, 9.17) is 14.1 Å². The van der Waals surface area contributed by atoms with Crippen molar-refractivity contribution in [1.82, 2.24) is 14.9 Å². The topological polar surface area (TPSA) is 104 Å². The van der Waals surface area contributed by atoms with Crippen LogP contribution in [0, 0.1) is 11.3 Å². The molecular weight excluding hydrogens is 605 g/mol. The van der Waals surface area contributed by atoms with Crippen molar-refractivity contribution in [2.75, 3.05) is 43.5 Å². The quantitative estimate of drug-likeness (QED) is 0.268. The maximum Gasteiger partial charge on any atom is 0.414 e. The maximum absolute atomic E-state index is 13.6. The number of carbonyl (C=O) groups excluding carboxylic acids is 1. The van der Waals surface area contributed by atoms with Crippen LogP contribution in [0.25, 0.3) is 11.3 Å². The van der Waals surface area contributed by atoms with E-state index in [1.807, 2.05) is 32.9 Å².